The molecule has 1 heterocycles. The lowest BCUT2D eigenvalue weighted by Crippen LogP contribution is -2.28. The van der Waals surface area contributed by atoms with E-state index in [2.05, 4.69) is 19.9 Å². The van der Waals surface area contributed by atoms with Crippen LogP contribution in [0.5, 0.6) is 0 Å². The molecule has 3 N–H and O–H groups in total. The Kier molecular flexibility index (Phi) is 4.12. The highest BCUT2D eigenvalue weighted by Gasteiger charge is 2.23. The number of sulfonamides is 1. The highest BCUT2D eigenvalue weighted by Crippen LogP contribution is 2.19. The zero-order chi connectivity index (χ0) is 14.8. The molecule has 108 valence electrons. The van der Waals surface area contributed by atoms with Gasteiger partial charge in [0.2, 0.25) is 10.0 Å². The fraction of sp³-hybridized carbons (Fsp3) is 0.273. The molecular formula is C11H13FN4O3S. The largest absolute Gasteiger partial charge is 0.392 e. The molecule has 2 aromatic rings. The van der Waals surface area contributed by atoms with Gasteiger partial charge in [-0.15, -0.1) is 0 Å². The number of H-pyrrole nitrogens is 1. The number of nitrogens with one attached hydrogen (secondary N) is 2. The van der Waals surface area contributed by atoms with Gasteiger partial charge in [0.15, 0.2) is 0 Å². The molecule has 0 fully saturated rings. The zero-order valence-electron chi connectivity index (χ0n) is 10.5. The average Bonchev–Trinajstić information content (AvgIpc) is 2.92. The Morgan fingerprint density at radius 3 is 2.85 bits per heavy atom. The Morgan fingerprint density at radius 1 is 1.50 bits per heavy atom. The predicted octanol–water partition coefficient (Wildman–Crippen LogP) is 0.476. The van der Waals surface area contributed by atoms with E-state index >= 15 is 0 Å². The molecule has 9 heteroatoms. The van der Waals surface area contributed by atoms with Crippen LogP contribution >= 0.6 is 0 Å². The minimum absolute atomic E-state index is 0.115. The number of rotatable bonds is 5. The van der Waals surface area contributed by atoms with Crippen molar-refractivity contribution in [2.45, 2.75) is 24.5 Å². The van der Waals surface area contributed by atoms with Gasteiger partial charge in [-0.25, -0.2) is 22.5 Å². The topological polar surface area (TPSA) is 108 Å². The maximum Gasteiger partial charge on any atom is 0.241 e. The summed E-state index contributed by atoms with van der Waals surface area (Å²) in [7, 11) is -3.99. The number of hydrogen-bond donors (Lipinski definition) is 3. The van der Waals surface area contributed by atoms with Crippen molar-refractivity contribution in [2.75, 3.05) is 0 Å². The lowest BCUT2D eigenvalue weighted by molar-refractivity contribution is 0.278. The van der Waals surface area contributed by atoms with Gasteiger partial charge in [0.05, 0.1) is 17.5 Å². The van der Waals surface area contributed by atoms with Crippen LogP contribution in [0, 0.1) is 5.82 Å². The van der Waals surface area contributed by atoms with Crippen LogP contribution in [-0.2, 0) is 16.6 Å². The van der Waals surface area contributed by atoms with E-state index in [0.29, 0.717) is 5.82 Å². The second kappa shape index (κ2) is 5.65. The van der Waals surface area contributed by atoms with Crippen molar-refractivity contribution >= 4 is 10.0 Å². The lowest BCUT2D eigenvalue weighted by Gasteiger charge is -2.14. The number of aliphatic hydroxyl groups is 1. The second-order valence-corrected chi connectivity index (χ2v) is 5.81. The molecule has 0 spiro atoms. The van der Waals surface area contributed by atoms with Crippen LogP contribution in [0.2, 0.25) is 0 Å². The third-order valence-electron chi connectivity index (χ3n) is 2.66. The van der Waals surface area contributed by atoms with Crippen molar-refractivity contribution in [1.29, 1.82) is 0 Å². The van der Waals surface area contributed by atoms with E-state index < -0.39 is 28.5 Å². The molecule has 7 nitrogen and oxygen atoms in total. The molecule has 0 amide bonds. The van der Waals surface area contributed by atoms with Gasteiger partial charge in [-0.3, -0.25) is 5.10 Å². The van der Waals surface area contributed by atoms with Gasteiger partial charge in [0, 0.05) is 0 Å². The van der Waals surface area contributed by atoms with Crippen molar-refractivity contribution < 1.29 is 17.9 Å². The van der Waals surface area contributed by atoms with Crippen LogP contribution in [0.3, 0.4) is 0 Å². The second-order valence-electron chi connectivity index (χ2n) is 4.12. The molecule has 0 bridgehead atoms. The Balaban J connectivity index is 2.33. The predicted molar refractivity (Wildman–Crippen MR) is 67.4 cm³/mol. The highest BCUT2D eigenvalue weighted by molar-refractivity contribution is 7.89. The van der Waals surface area contributed by atoms with Crippen LogP contribution in [0.25, 0.3) is 0 Å². The van der Waals surface area contributed by atoms with E-state index in [1.807, 2.05) is 0 Å². The fourth-order valence-corrected chi connectivity index (χ4v) is 3.13. The molecule has 1 aromatic carbocycles. The third-order valence-corrected chi connectivity index (χ3v) is 4.29. The van der Waals surface area contributed by atoms with Gasteiger partial charge >= 0.3 is 0 Å². The van der Waals surface area contributed by atoms with Crippen LogP contribution in [-0.4, -0.2) is 28.7 Å². The summed E-state index contributed by atoms with van der Waals surface area (Å²) in [4.78, 5) is 3.54. The van der Waals surface area contributed by atoms with E-state index in [1.54, 1.807) is 6.92 Å². The number of hydrogen-bond acceptors (Lipinski definition) is 5. The maximum absolute atomic E-state index is 13.2. The number of aliphatic hydroxyl groups excluding tert-OH is 1. The van der Waals surface area contributed by atoms with Gasteiger partial charge in [0.1, 0.15) is 18.0 Å². The van der Waals surface area contributed by atoms with Crippen molar-refractivity contribution in [1.82, 2.24) is 19.9 Å². The number of nitrogens with zero attached hydrogens (tertiary/aromatic N) is 2. The first-order valence-corrected chi connectivity index (χ1v) is 7.19. The van der Waals surface area contributed by atoms with Gasteiger partial charge in [0.25, 0.3) is 0 Å². The first-order chi connectivity index (χ1) is 9.44. The molecule has 0 aliphatic rings. The SMILES string of the molecule is CC(NS(=O)(=O)c1cc(F)ccc1CO)c1ncn[nH]1. The Morgan fingerprint density at radius 2 is 2.25 bits per heavy atom. The summed E-state index contributed by atoms with van der Waals surface area (Å²) in [6.45, 7) is 1.06. The first kappa shape index (κ1) is 14.6. The summed E-state index contributed by atoms with van der Waals surface area (Å²) >= 11 is 0. The van der Waals surface area contributed by atoms with Crippen LogP contribution in [0.4, 0.5) is 4.39 Å². The fourth-order valence-electron chi connectivity index (χ4n) is 1.68. The molecule has 2 rings (SSSR count). The summed E-state index contributed by atoms with van der Waals surface area (Å²) in [5.41, 5.74) is 0.115. The molecule has 1 unspecified atom stereocenters. The molecule has 0 saturated heterocycles. The van der Waals surface area contributed by atoms with E-state index in [-0.39, 0.29) is 10.5 Å². The Hall–Kier alpha value is -1.84. The Bertz CT molecular complexity index is 688. The van der Waals surface area contributed by atoms with Crippen LogP contribution in [0.1, 0.15) is 24.4 Å². The number of halogens is 1. The van der Waals surface area contributed by atoms with Gasteiger partial charge in [-0.05, 0) is 24.6 Å². The Labute approximate surface area is 114 Å². The number of benzene rings is 1. The van der Waals surface area contributed by atoms with Crippen molar-refractivity contribution in [3.63, 3.8) is 0 Å². The molecular weight excluding hydrogens is 287 g/mol. The summed E-state index contributed by atoms with van der Waals surface area (Å²) < 4.78 is 40.0. The summed E-state index contributed by atoms with van der Waals surface area (Å²) in [5, 5.41) is 15.3. The standard InChI is InChI=1S/C11H13FN4O3S/c1-7(11-13-6-14-15-11)16-20(18,19)10-4-9(12)3-2-8(10)5-17/h2-4,6-7,16-17H,5H2,1H3,(H,13,14,15). The quantitative estimate of drug-likeness (QED) is 0.744. The van der Waals surface area contributed by atoms with E-state index in [0.717, 1.165) is 12.1 Å². The first-order valence-electron chi connectivity index (χ1n) is 5.71. The number of aromatic nitrogens is 3. The van der Waals surface area contributed by atoms with Gasteiger partial charge in [-0.1, -0.05) is 6.07 Å². The molecule has 0 aliphatic carbocycles. The highest BCUT2D eigenvalue weighted by atomic mass is 32.2. The monoisotopic (exact) mass is 300 g/mol. The van der Waals surface area contributed by atoms with E-state index in [4.69, 9.17) is 5.11 Å². The zero-order valence-corrected chi connectivity index (χ0v) is 11.4. The minimum atomic E-state index is -3.99. The van der Waals surface area contributed by atoms with Crippen LogP contribution in [0.15, 0.2) is 29.4 Å². The van der Waals surface area contributed by atoms with E-state index in [9.17, 15) is 12.8 Å². The molecule has 0 aliphatic heterocycles. The summed E-state index contributed by atoms with van der Waals surface area (Å²) in [5.74, 6) is -0.370. The smallest absolute Gasteiger partial charge is 0.241 e. The van der Waals surface area contributed by atoms with E-state index in [1.165, 1.54) is 12.4 Å². The average molecular weight is 300 g/mol. The maximum atomic E-state index is 13.2. The van der Waals surface area contributed by atoms with Crippen molar-refractivity contribution in [2.24, 2.45) is 0 Å². The minimum Gasteiger partial charge on any atom is -0.392 e. The van der Waals surface area contributed by atoms with Crippen molar-refractivity contribution in [3.05, 3.63) is 41.7 Å². The molecule has 20 heavy (non-hydrogen) atoms. The summed E-state index contributed by atoms with van der Waals surface area (Å²) in [6.07, 6.45) is 1.25. The normalized spacial score (nSPS) is 13.3. The molecule has 0 radical (unpaired) electrons. The third kappa shape index (κ3) is 3.00. The lowest BCUT2D eigenvalue weighted by atomic mass is 10.2. The van der Waals surface area contributed by atoms with Gasteiger partial charge < -0.3 is 5.11 Å². The van der Waals surface area contributed by atoms with Crippen LogP contribution < -0.4 is 4.72 Å². The van der Waals surface area contributed by atoms with Crippen molar-refractivity contribution in [3.8, 4) is 0 Å². The molecule has 0 saturated carbocycles. The number of aromatic amines is 1. The summed E-state index contributed by atoms with van der Waals surface area (Å²) in [6, 6.07) is 2.51. The molecule has 1 aromatic heterocycles. The molecule has 1 atom stereocenters. The van der Waals surface area contributed by atoms with Gasteiger partial charge in [-0.2, -0.15) is 5.10 Å².